The molecule has 180 valence electrons. The largest absolute Gasteiger partial charge is 0.360 e. The molecule has 0 aliphatic heterocycles. The van der Waals surface area contributed by atoms with Crippen LogP contribution in [-0.4, -0.2) is 39.0 Å². The second-order valence-electron chi connectivity index (χ2n) is 9.51. The van der Waals surface area contributed by atoms with E-state index in [1.807, 2.05) is 24.4 Å². The first-order valence-electron chi connectivity index (χ1n) is 12.1. The van der Waals surface area contributed by atoms with Gasteiger partial charge in [0.25, 0.3) is 0 Å². The first-order valence-corrected chi connectivity index (χ1v) is 12.9. The van der Waals surface area contributed by atoms with Gasteiger partial charge in [-0.15, -0.1) is 0 Å². The van der Waals surface area contributed by atoms with E-state index >= 15 is 0 Å². The second kappa shape index (κ2) is 10.5. The van der Waals surface area contributed by atoms with Crippen molar-refractivity contribution in [2.45, 2.75) is 69.5 Å². The molecule has 0 spiro atoms. The lowest BCUT2D eigenvalue weighted by molar-refractivity contribution is -0.127. The molecule has 2 fully saturated rings. The fourth-order valence-electron chi connectivity index (χ4n) is 5.31. The van der Waals surface area contributed by atoms with Crippen LogP contribution in [-0.2, 0) is 4.79 Å². The average Bonchev–Trinajstić information content (AvgIpc) is 3.29. The number of benzene rings is 1. The molecule has 7 nitrogen and oxygen atoms in total. The van der Waals surface area contributed by atoms with Crippen molar-refractivity contribution in [3.63, 3.8) is 0 Å². The van der Waals surface area contributed by atoms with Crippen molar-refractivity contribution in [2.24, 2.45) is 5.92 Å². The summed E-state index contributed by atoms with van der Waals surface area (Å²) < 4.78 is 0. The Bertz CT molecular complexity index is 1140. The van der Waals surface area contributed by atoms with Gasteiger partial charge in [0.05, 0.1) is 16.9 Å². The standard InChI is InChI=1S/C25H30Cl2N6O/c26-21-14-29-25(32-23(21)20-13-28-22-7-2-1-6-19(20)22)31-18-5-3-4-17(12-18)30-24(34)15-8-10-16(33-27)11-9-15/h1-2,6-7,13-18,28,33H,3-5,8-12H2,(H,30,34)(H,29,31,32)/t15-,16+,17-,18+/m0/s1. The number of aromatic nitrogens is 3. The molecule has 34 heavy (non-hydrogen) atoms. The Morgan fingerprint density at radius 2 is 1.82 bits per heavy atom. The fourth-order valence-corrected chi connectivity index (χ4v) is 5.72. The Kier molecular flexibility index (Phi) is 7.23. The molecular weight excluding hydrogens is 471 g/mol. The third-order valence-corrected chi connectivity index (χ3v) is 7.78. The average molecular weight is 501 g/mol. The van der Waals surface area contributed by atoms with Crippen molar-refractivity contribution < 1.29 is 4.79 Å². The molecule has 0 radical (unpaired) electrons. The lowest BCUT2D eigenvalue weighted by atomic mass is 9.85. The summed E-state index contributed by atoms with van der Waals surface area (Å²) in [7, 11) is 0. The fraction of sp³-hybridized carbons (Fsp3) is 0.480. The van der Waals surface area contributed by atoms with Gasteiger partial charge in [-0.25, -0.2) is 14.8 Å². The second-order valence-corrected chi connectivity index (χ2v) is 10.1. The van der Waals surface area contributed by atoms with E-state index in [1.165, 1.54) is 0 Å². The van der Waals surface area contributed by atoms with Crippen LogP contribution in [0.2, 0.25) is 5.02 Å². The van der Waals surface area contributed by atoms with Gasteiger partial charge >= 0.3 is 0 Å². The number of halogens is 2. The van der Waals surface area contributed by atoms with Crippen molar-refractivity contribution in [1.29, 1.82) is 0 Å². The molecule has 9 heteroatoms. The summed E-state index contributed by atoms with van der Waals surface area (Å²) in [5.41, 5.74) is 2.71. The number of nitrogens with one attached hydrogen (secondary N) is 4. The molecule has 2 aliphatic rings. The van der Waals surface area contributed by atoms with E-state index in [1.54, 1.807) is 6.20 Å². The Labute approximate surface area is 209 Å². The maximum atomic E-state index is 12.8. The monoisotopic (exact) mass is 500 g/mol. The quantitative estimate of drug-likeness (QED) is 0.339. The van der Waals surface area contributed by atoms with E-state index in [0.29, 0.717) is 22.7 Å². The molecule has 0 saturated heterocycles. The van der Waals surface area contributed by atoms with Gasteiger partial charge in [-0.3, -0.25) is 4.79 Å². The highest BCUT2D eigenvalue weighted by molar-refractivity contribution is 6.33. The summed E-state index contributed by atoms with van der Waals surface area (Å²) in [5.74, 6) is 0.838. The zero-order chi connectivity index (χ0) is 23.5. The highest BCUT2D eigenvalue weighted by Gasteiger charge is 2.29. The summed E-state index contributed by atoms with van der Waals surface area (Å²) in [6.07, 6.45) is 11.2. The Balaban J connectivity index is 1.23. The van der Waals surface area contributed by atoms with E-state index in [9.17, 15) is 4.79 Å². The molecule has 0 bridgehead atoms. The molecule has 2 aliphatic carbocycles. The highest BCUT2D eigenvalue weighted by Crippen LogP contribution is 2.33. The predicted octanol–water partition coefficient (Wildman–Crippen LogP) is 5.42. The third kappa shape index (κ3) is 5.16. The molecule has 0 unspecified atom stereocenters. The molecule has 1 amide bonds. The summed E-state index contributed by atoms with van der Waals surface area (Å²) in [4.78, 5) is 28.1. The first kappa shape index (κ1) is 23.4. The van der Waals surface area contributed by atoms with Gasteiger partial charge < -0.3 is 15.6 Å². The van der Waals surface area contributed by atoms with Crippen LogP contribution in [0.1, 0.15) is 51.4 Å². The normalized spacial score (nSPS) is 25.2. The van der Waals surface area contributed by atoms with Gasteiger partial charge in [-0.05, 0) is 69.2 Å². The SMILES string of the molecule is O=C(N[C@H]1CCC[C@@H](Nc2ncc(Cl)c(-c3c[nH]c4ccccc34)n2)C1)[C@H]1CC[C@@H](NCl)CC1. The molecule has 1 aromatic carbocycles. The molecule has 2 saturated carbocycles. The van der Waals surface area contributed by atoms with E-state index < -0.39 is 0 Å². The molecule has 5 rings (SSSR count). The summed E-state index contributed by atoms with van der Waals surface area (Å²) in [6, 6.07) is 8.78. The van der Waals surface area contributed by atoms with Crippen LogP contribution in [0, 0.1) is 5.92 Å². The van der Waals surface area contributed by atoms with Crippen molar-refractivity contribution in [3.05, 3.63) is 41.7 Å². The number of rotatable bonds is 6. The number of H-pyrrole nitrogens is 1. The molecule has 4 N–H and O–H groups in total. The van der Waals surface area contributed by atoms with Crippen LogP contribution in [0.4, 0.5) is 5.95 Å². The van der Waals surface area contributed by atoms with Gasteiger partial charge in [0, 0.05) is 46.7 Å². The lowest BCUT2D eigenvalue weighted by Crippen LogP contribution is -2.45. The number of hydrogen-bond acceptors (Lipinski definition) is 5. The molecular formula is C25H30Cl2N6O. The van der Waals surface area contributed by atoms with E-state index in [-0.39, 0.29) is 23.9 Å². The predicted molar refractivity (Wildman–Crippen MR) is 137 cm³/mol. The van der Waals surface area contributed by atoms with E-state index in [4.69, 9.17) is 28.4 Å². The number of para-hydroxylation sites is 1. The van der Waals surface area contributed by atoms with Crippen LogP contribution in [0.5, 0.6) is 0 Å². The van der Waals surface area contributed by atoms with Crippen LogP contribution in [0.25, 0.3) is 22.2 Å². The molecule has 2 atom stereocenters. The van der Waals surface area contributed by atoms with Crippen molar-refractivity contribution in [1.82, 2.24) is 25.1 Å². The summed E-state index contributed by atoms with van der Waals surface area (Å²) in [6.45, 7) is 0. The Morgan fingerprint density at radius 1 is 1.03 bits per heavy atom. The third-order valence-electron chi connectivity index (χ3n) is 7.19. The van der Waals surface area contributed by atoms with Crippen LogP contribution in [0.15, 0.2) is 36.7 Å². The van der Waals surface area contributed by atoms with Crippen molar-refractivity contribution in [3.8, 4) is 11.3 Å². The van der Waals surface area contributed by atoms with Gasteiger partial charge in [0.2, 0.25) is 11.9 Å². The number of nitrogens with zero attached hydrogens (tertiary/aromatic N) is 2. The van der Waals surface area contributed by atoms with Crippen molar-refractivity contribution >= 4 is 46.1 Å². The van der Waals surface area contributed by atoms with E-state index in [2.05, 4.69) is 31.5 Å². The number of fused-ring (bicyclic) bond motifs is 1. The molecule has 2 aromatic heterocycles. The van der Waals surface area contributed by atoms with Crippen LogP contribution in [0.3, 0.4) is 0 Å². The minimum atomic E-state index is 0.0907. The number of carbonyl (C=O) groups is 1. The summed E-state index contributed by atoms with van der Waals surface area (Å²) in [5, 5.41) is 8.38. The molecule has 2 heterocycles. The number of hydrogen-bond donors (Lipinski definition) is 4. The zero-order valence-corrected chi connectivity index (χ0v) is 20.5. The molecule has 3 aromatic rings. The van der Waals surface area contributed by atoms with Gasteiger partial charge in [0.1, 0.15) is 0 Å². The zero-order valence-electron chi connectivity index (χ0n) is 19.0. The van der Waals surface area contributed by atoms with Gasteiger partial charge in [0.15, 0.2) is 0 Å². The maximum Gasteiger partial charge on any atom is 0.223 e. The summed E-state index contributed by atoms with van der Waals surface area (Å²) >= 11 is 12.2. The van der Waals surface area contributed by atoms with Crippen LogP contribution < -0.4 is 15.5 Å². The first-order chi connectivity index (χ1) is 16.6. The van der Waals surface area contributed by atoms with Gasteiger partial charge in [-0.1, -0.05) is 29.8 Å². The Morgan fingerprint density at radius 3 is 2.65 bits per heavy atom. The smallest absolute Gasteiger partial charge is 0.223 e. The van der Waals surface area contributed by atoms with E-state index in [0.717, 1.165) is 67.8 Å². The van der Waals surface area contributed by atoms with Crippen LogP contribution >= 0.6 is 23.4 Å². The number of carbonyl (C=O) groups excluding carboxylic acids is 1. The maximum absolute atomic E-state index is 12.8. The van der Waals surface area contributed by atoms with Gasteiger partial charge in [-0.2, -0.15) is 0 Å². The minimum Gasteiger partial charge on any atom is -0.360 e. The minimum absolute atomic E-state index is 0.0907. The number of anilines is 1. The van der Waals surface area contributed by atoms with Crippen molar-refractivity contribution in [2.75, 3.05) is 5.32 Å². The Hall–Kier alpha value is -2.35. The number of aromatic amines is 1. The number of amides is 1. The lowest BCUT2D eigenvalue weighted by Gasteiger charge is -2.33. The topological polar surface area (TPSA) is 94.7 Å². The highest BCUT2D eigenvalue weighted by atomic mass is 35.5.